The highest BCUT2D eigenvalue weighted by Gasteiger charge is 2.20. The van der Waals surface area contributed by atoms with E-state index in [2.05, 4.69) is 5.32 Å². The summed E-state index contributed by atoms with van der Waals surface area (Å²) in [6.45, 7) is 4.78. The average Bonchev–Trinajstić information content (AvgIpc) is 2.59. The predicted octanol–water partition coefficient (Wildman–Crippen LogP) is 2.61. The summed E-state index contributed by atoms with van der Waals surface area (Å²) in [5.74, 6) is 1.77. The summed E-state index contributed by atoms with van der Waals surface area (Å²) in [6.07, 6.45) is 4.17. The van der Waals surface area contributed by atoms with Gasteiger partial charge in [0.25, 0.3) is 0 Å². The van der Waals surface area contributed by atoms with Crippen molar-refractivity contribution >= 4 is 5.78 Å². The largest absolute Gasteiger partial charge is 0.466 e. The molecule has 3 nitrogen and oxygen atoms in total. The molecule has 0 aromatic carbocycles. The molecule has 16 heavy (non-hydrogen) atoms. The van der Waals surface area contributed by atoms with Crippen LogP contribution in [0.5, 0.6) is 0 Å². The van der Waals surface area contributed by atoms with Gasteiger partial charge in [-0.25, -0.2) is 0 Å². The highest BCUT2D eigenvalue weighted by Crippen LogP contribution is 2.18. The van der Waals surface area contributed by atoms with Crippen LogP contribution in [0.3, 0.4) is 0 Å². The van der Waals surface area contributed by atoms with Crippen LogP contribution in [0, 0.1) is 13.8 Å². The summed E-state index contributed by atoms with van der Waals surface area (Å²) in [4.78, 5) is 12.0. The molecule has 0 spiro atoms. The molecule has 1 fully saturated rings. The smallest absolute Gasteiger partial charge is 0.167 e. The fourth-order valence-corrected chi connectivity index (χ4v) is 2.34. The van der Waals surface area contributed by atoms with Gasteiger partial charge in [-0.15, -0.1) is 0 Å². The molecule has 0 saturated carbocycles. The Kier molecular flexibility index (Phi) is 3.44. The number of hydrogen-bond acceptors (Lipinski definition) is 3. The standard InChI is InChI=1S/C13H19NO2/c1-9-7-12(10(2)16-9)13(15)8-11-5-3-4-6-14-11/h7,11,14H,3-6,8H2,1-2H3. The third-order valence-electron chi connectivity index (χ3n) is 3.19. The maximum atomic E-state index is 12.0. The first-order chi connectivity index (χ1) is 7.66. The second-order valence-electron chi connectivity index (χ2n) is 4.60. The third-order valence-corrected chi connectivity index (χ3v) is 3.19. The lowest BCUT2D eigenvalue weighted by Gasteiger charge is -2.22. The third kappa shape index (κ3) is 2.53. The maximum Gasteiger partial charge on any atom is 0.167 e. The molecule has 0 amide bonds. The Morgan fingerprint density at radius 2 is 2.31 bits per heavy atom. The van der Waals surface area contributed by atoms with E-state index in [-0.39, 0.29) is 5.78 Å². The van der Waals surface area contributed by atoms with Crippen LogP contribution in [0.2, 0.25) is 0 Å². The van der Waals surface area contributed by atoms with Gasteiger partial charge < -0.3 is 9.73 Å². The van der Waals surface area contributed by atoms with E-state index in [9.17, 15) is 4.79 Å². The van der Waals surface area contributed by atoms with Gasteiger partial charge in [0.15, 0.2) is 5.78 Å². The number of carbonyl (C=O) groups is 1. The first kappa shape index (κ1) is 11.4. The van der Waals surface area contributed by atoms with Crippen molar-refractivity contribution in [3.63, 3.8) is 0 Å². The Morgan fingerprint density at radius 1 is 1.50 bits per heavy atom. The molecule has 1 unspecified atom stereocenters. The van der Waals surface area contributed by atoms with Gasteiger partial charge in [0, 0.05) is 12.5 Å². The van der Waals surface area contributed by atoms with E-state index in [4.69, 9.17) is 4.42 Å². The summed E-state index contributed by atoms with van der Waals surface area (Å²) in [5, 5.41) is 3.39. The molecule has 0 aliphatic carbocycles. The fraction of sp³-hybridized carbons (Fsp3) is 0.615. The van der Waals surface area contributed by atoms with Crippen molar-refractivity contribution in [2.75, 3.05) is 6.54 Å². The van der Waals surface area contributed by atoms with Crippen LogP contribution in [0.1, 0.15) is 47.6 Å². The van der Waals surface area contributed by atoms with E-state index in [1.54, 1.807) is 0 Å². The number of carbonyl (C=O) groups excluding carboxylic acids is 1. The summed E-state index contributed by atoms with van der Waals surface area (Å²) in [5.41, 5.74) is 0.755. The summed E-state index contributed by atoms with van der Waals surface area (Å²) in [6, 6.07) is 2.20. The van der Waals surface area contributed by atoms with Gasteiger partial charge in [0.1, 0.15) is 11.5 Å². The van der Waals surface area contributed by atoms with E-state index < -0.39 is 0 Å². The highest BCUT2D eigenvalue weighted by atomic mass is 16.3. The van der Waals surface area contributed by atoms with E-state index in [1.807, 2.05) is 19.9 Å². The Hall–Kier alpha value is -1.09. The molecule has 2 rings (SSSR count). The second kappa shape index (κ2) is 4.83. The van der Waals surface area contributed by atoms with Crippen molar-refractivity contribution in [3.8, 4) is 0 Å². The van der Waals surface area contributed by atoms with E-state index >= 15 is 0 Å². The number of furan rings is 1. The van der Waals surface area contributed by atoms with Crippen molar-refractivity contribution in [2.45, 2.75) is 45.6 Å². The number of ketones is 1. The molecule has 1 N–H and O–H groups in total. The highest BCUT2D eigenvalue weighted by molar-refractivity contribution is 5.97. The van der Waals surface area contributed by atoms with Gasteiger partial charge in [-0.1, -0.05) is 6.42 Å². The average molecular weight is 221 g/mol. The monoisotopic (exact) mass is 221 g/mol. The number of rotatable bonds is 3. The van der Waals surface area contributed by atoms with Crippen LogP contribution in [-0.4, -0.2) is 18.4 Å². The number of Topliss-reactive ketones (excluding diaryl/α,β-unsaturated/α-hetero) is 1. The van der Waals surface area contributed by atoms with E-state index in [0.717, 1.165) is 30.0 Å². The summed E-state index contributed by atoms with van der Waals surface area (Å²) in [7, 11) is 0. The molecule has 1 atom stereocenters. The molecule has 0 radical (unpaired) electrons. The van der Waals surface area contributed by atoms with Gasteiger partial charge in [-0.3, -0.25) is 4.79 Å². The Labute approximate surface area is 96.2 Å². The zero-order valence-electron chi connectivity index (χ0n) is 10.0. The minimum atomic E-state index is 0.203. The second-order valence-corrected chi connectivity index (χ2v) is 4.60. The zero-order valence-corrected chi connectivity index (χ0v) is 10.0. The van der Waals surface area contributed by atoms with Crippen LogP contribution in [0.4, 0.5) is 0 Å². The minimum Gasteiger partial charge on any atom is -0.466 e. The van der Waals surface area contributed by atoms with Crippen molar-refractivity contribution in [3.05, 3.63) is 23.2 Å². The summed E-state index contributed by atoms with van der Waals surface area (Å²) >= 11 is 0. The molecule has 1 aliphatic rings. The van der Waals surface area contributed by atoms with E-state index in [1.165, 1.54) is 12.8 Å². The zero-order chi connectivity index (χ0) is 11.5. The molecule has 88 valence electrons. The van der Waals surface area contributed by atoms with Gasteiger partial charge in [-0.2, -0.15) is 0 Å². The van der Waals surface area contributed by atoms with Gasteiger partial charge >= 0.3 is 0 Å². The normalized spacial score (nSPS) is 21.0. The Bertz CT molecular complexity index is 375. The van der Waals surface area contributed by atoms with Crippen molar-refractivity contribution in [1.82, 2.24) is 5.32 Å². The van der Waals surface area contributed by atoms with Gasteiger partial charge in [0.2, 0.25) is 0 Å². The molecule has 2 heterocycles. The fourth-order valence-electron chi connectivity index (χ4n) is 2.34. The van der Waals surface area contributed by atoms with Crippen molar-refractivity contribution < 1.29 is 9.21 Å². The predicted molar refractivity (Wildman–Crippen MR) is 62.8 cm³/mol. The number of nitrogens with one attached hydrogen (secondary N) is 1. The van der Waals surface area contributed by atoms with Crippen LogP contribution in [0.25, 0.3) is 0 Å². The number of hydrogen-bond donors (Lipinski definition) is 1. The number of piperidine rings is 1. The first-order valence-electron chi connectivity index (χ1n) is 6.00. The molecule has 1 aromatic rings. The number of aryl methyl sites for hydroxylation is 2. The molecule has 1 aliphatic heterocycles. The SMILES string of the molecule is Cc1cc(C(=O)CC2CCCCN2)c(C)o1. The molecule has 1 saturated heterocycles. The lowest BCUT2D eigenvalue weighted by molar-refractivity contribution is 0.0962. The molecule has 0 bridgehead atoms. The topological polar surface area (TPSA) is 42.2 Å². The Balaban J connectivity index is 1.99. The molecule has 3 heteroatoms. The van der Waals surface area contributed by atoms with Crippen LogP contribution in [-0.2, 0) is 0 Å². The van der Waals surface area contributed by atoms with Crippen LogP contribution < -0.4 is 5.32 Å². The Morgan fingerprint density at radius 3 is 2.88 bits per heavy atom. The van der Waals surface area contributed by atoms with E-state index in [0.29, 0.717) is 12.5 Å². The van der Waals surface area contributed by atoms with Gasteiger partial charge in [0.05, 0.1) is 5.56 Å². The summed E-state index contributed by atoms with van der Waals surface area (Å²) < 4.78 is 5.38. The molecular weight excluding hydrogens is 202 g/mol. The van der Waals surface area contributed by atoms with Crippen molar-refractivity contribution in [1.29, 1.82) is 0 Å². The minimum absolute atomic E-state index is 0.203. The lowest BCUT2D eigenvalue weighted by atomic mass is 9.97. The molecule has 1 aromatic heterocycles. The van der Waals surface area contributed by atoms with Crippen molar-refractivity contribution in [2.24, 2.45) is 0 Å². The van der Waals surface area contributed by atoms with Crippen LogP contribution >= 0.6 is 0 Å². The lowest BCUT2D eigenvalue weighted by Crippen LogP contribution is -2.35. The maximum absolute atomic E-state index is 12.0. The van der Waals surface area contributed by atoms with Crippen LogP contribution in [0.15, 0.2) is 10.5 Å². The molecular formula is C13H19NO2. The van der Waals surface area contributed by atoms with Gasteiger partial charge in [-0.05, 0) is 39.3 Å². The first-order valence-corrected chi connectivity index (χ1v) is 6.00. The quantitative estimate of drug-likeness (QED) is 0.798.